The van der Waals surface area contributed by atoms with E-state index in [4.69, 9.17) is 4.74 Å². The monoisotopic (exact) mass is 473 g/mol. The molecule has 25 heavy (non-hydrogen) atoms. The molecule has 2 rings (SSSR count). The highest BCUT2D eigenvalue weighted by atomic mass is 127. The number of hydrogen-bond donors (Lipinski definition) is 2. The minimum atomic E-state index is 0. The highest BCUT2D eigenvalue weighted by Crippen LogP contribution is 2.18. The first-order chi connectivity index (χ1) is 11.7. The summed E-state index contributed by atoms with van der Waals surface area (Å²) in [4.78, 5) is 6.11. The predicted molar refractivity (Wildman–Crippen MR) is 118 cm³/mol. The van der Waals surface area contributed by atoms with Crippen LogP contribution in [-0.2, 0) is 13.0 Å². The van der Waals surface area contributed by atoms with Gasteiger partial charge in [0.25, 0.3) is 0 Å². The number of thiophene rings is 1. The lowest BCUT2D eigenvalue weighted by molar-refractivity contribution is 0.410. The van der Waals surface area contributed by atoms with Crippen molar-refractivity contribution < 1.29 is 4.74 Å². The maximum Gasteiger partial charge on any atom is 0.191 e. The number of benzene rings is 1. The van der Waals surface area contributed by atoms with E-state index in [0.29, 0.717) is 12.5 Å². The lowest BCUT2D eigenvalue weighted by Crippen LogP contribution is -2.39. The Balaban J connectivity index is 0.00000312. The molecular weight excluding hydrogens is 445 g/mol. The van der Waals surface area contributed by atoms with Gasteiger partial charge in [-0.1, -0.05) is 31.2 Å². The molecule has 1 aromatic carbocycles. The van der Waals surface area contributed by atoms with Gasteiger partial charge in [-0.05, 0) is 36.8 Å². The number of nitrogens with zero attached hydrogens (tertiary/aromatic N) is 1. The van der Waals surface area contributed by atoms with E-state index in [1.54, 1.807) is 7.11 Å². The fourth-order valence-electron chi connectivity index (χ4n) is 2.45. The van der Waals surface area contributed by atoms with Crippen molar-refractivity contribution in [2.75, 3.05) is 20.2 Å². The van der Waals surface area contributed by atoms with Gasteiger partial charge in [0.1, 0.15) is 5.75 Å². The average Bonchev–Trinajstić information content (AvgIpc) is 3.10. The van der Waals surface area contributed by atoms with Crippen molar-refractivity contribution >= 4 is 41.3 Å². The normalized spacial score (nSPS) is 12.2. The second kappa shape index (κ2) is 12.1. The summed E-state index contributed by atoms with van der Waals surface area (Å²) in [5, 5.41) is 8.88. The van der Waals surface area contributed by atoms with Gasteiger partial charge in [0.15, 0.2) is 5.96 Å². The van der Waals surface area contributed by atoms with Gasteiger partial charge in [-0.25, -0.2) is 4.99 Å². The van der Waals surface area contributed by atoms with Crippen molar-refractivity contribution in [2.45, 2.75) is 26.8 Å². The zero-order chi connectivity index (χ0) is 17.2. The molecule has 1 heterocycles. The van der Waals surface area contributed by atoms with Crippen LogP contribution in [-0.4, -0.2) is 26.2 Å². The van der Waals surface area contributed by atoms with Crippen LogP contribution in [0.4, 0.5) is 0 Å². The van der Waals surface area contributed by atoms with E-state index >= 15 is 0 Å². The number of aliphatic imine (C=N–C) groups is 1. The third kappa shape index (κ3) is 7.64. The smallest absolute Gasteiger partial charge is 0.191 e. The van der Waals surface area contributed by atoms with Crippen molar-refractivity contribution in [2.24, 2.45) is 10.9 Å². The van der Waals surface area contributed by atoms with Gasteiger partial charge in [0, 0.05) is 23.5 Å². The Kier molecular flexibility index (Phi) is 10.6. The molecule has 0 bridgehead atoms. The fraction of sp³-hybridized carbons (Fsp3) is 0.421. The van der Waals surface area contributed by atoms with Crippen LogP contribution in [0.2, 0.25) is 0 Å². The molecule has 4 nitrogen and oxygen atoms in total. The van der Waals surface area contributed by atoms with Crippen LogP contribution in [0.15, 0.2) is 46.8 Å². The molecule has 1 aromatic heterocycles. The molecule has 0 aliphatic carbocycles. The SMILES string of the molecule is CCNC(=NCc1ccccc1OC)NCC(C)Cc1cccs1.I. The molecule has 0 saturated heterocycles. The van der Waals surface area contributed by atoms with Crippen molar-refractivity contribution in [1.82, 2.24) is 10.6 Å². The van der Waals surface area contributed by atoms with Crippen molar-refractivity contribution in [3.63, 3.8) is 0 Å². The maximum atomic E-state index is 5.39. The maximum absolute atomic E-state index is 5.39. The molecule has 6 heteroatoms. The Morgan fingerprint density at radius 3 is 2.68 bits per heavy atom. The first kappa shape index (κ1) is 21.8. The number of ether oxygens (including phenoxy) is 1. The van der Waals surface area contributed by atoms with Gasteiger partial charge in [0.2, 0.25) is 0 Å². The van der Waals surface area contributed by atoms with Crippen LogP contribution >= 0.6 is 35.3 Å². The van der Waals surface area contributed by atoms with Crippen LogP contribution in [0.1, 0.15) is 24.3 Å². The van der Waals surface area contributed by atoms with E-state index in [-0.39, 0.29) is 24.0 Å². The Labute approximate surface area is 172 Å². The number of methoxy groups -OCH3 is 1. The third-order valence-electron chi connectivity index (χ3n) is 3.69. The lowest BCUT2D eigenvalue weighted by atomic mass is 10.1. The van der Waals surface area contributed by atoms with Crippen molar-refractivity contribution in [3.05, 3.63) is 52.2 Å². The van der Waals surface area contributed by atoms with Crippen LogP contribution < -0.4 is 15.4 Å². The van der Waals surface area contributed by atoms with E-state index in [1.807, 2.05) is 35.6 Å². The van der Waals surface area contributed by atoms with Crippen LogP contribution in [0.5, 0.6) is 5.75 Å². The Morgan fingerprint density at radius 1 is 1.20 bits per heavy atom. The van der Waals surface area contributed by atoms with Gasteiger partial charge >= 0.3 is 0 Å². The molecule has 2 aromatic rings. The lowest BCUT2D eigenvalue weighted by Gasteiger charge is -2.15. The molecular formula is C19H28IN3OS. The summed E-state index contributed by atoms with van der Waals surface area (Å²) in [6, 6.07) is 12.3. The van der Waals surface area contributed by atoms with Gasteiger partial charge in [-0.3, -0.25) is 0 Å². The number of hydrogen-bond acceptors (Lipinski definition) is 3. The summed E-state index contributed by atoms with van der Waals surface area (Å²) in [5.74, 6) is 2.28. The predicted octanol–water partition coefficient (Wildman–Crippen LogP) is 4.31. The summed E-state index contributed by atoms with van der Waals surface area (Å²) in [6.07, 6.45) is 1.09. The molecule has 138 valence electrons. The Hall–Kier alpha value is -1.28. The van der Waals surface area contributed by atoms with Crippen LogP contribution in [0.25, 0.3) is 0 Å². The first-order valence-electron chi connectivity index (χ1n) is 8.39. The molecule has 0 saturated carbocycles. The molecule has 0 aliphatic rings. The second-order valence-electron chi connectivity index (χ2n) is 5.78. The van der Waals surface area contributed by atoms with E-state index in [2.05, 4.69) is 47.0 Å². The number of halogens is 1. The summed E-state index contributed by atoms with van der Waals surface area (Å²) in [5.41, 5.74) is 1.09. The standard InChI is InChI=1S/C19H27N3OS.HI/c1-4-20-19(21-13-15(2)12-17-9-7-11-24-17)22-14-16-8-5-6-10-18(16)23-3;/h5-11,15H,4,12-14H2,1-3H3,(H2,20,21,22);1H. The molecule has 0 aliphatic heterocycles. The summed E-state index contributed by atoms with van der Waals surface area (Å²) in [6.45, 7) is 6.68. The first-order valence-corrected chi connectivity index (χ1v) is 9.27. The molecule has 0 amide bonds. The van der Waals surface area contributed by atoms with Crippen molar-refractivity contribution in [3.8, 4) is 5.75 Å². The van der Waals surface area contributed by atoms with Gasteiger partial charge in [-0.15, -0.1) is 35.3 Å². The van der Waals surface area contributed by atoms with E-state index in [1.165, 1.54) is 4.88 Å². The number of nitrogens with one attached hydrogen (secondary N) is 2. The highest BCUT2D eigenvalue weighted by Gasteiger charge is 2.07. The van der Waals surface area contributed by atoms with Crippen LogP contribution in [0, 0.1) is 5.92 Å². The molecule has 0 spiro atoms. The van der Waals surface area contributed by atoms with Crippen molar-refractivity contribution in [1.29, 1.82) is 0 Å². The number of para-hydroxylation sites is 1. The van der Waals surface area contributed by atoms with Gasteiger partial charge < -0.3 is 15.4 Å². The summed E-state index contributed by atoms with van der Waals surface area (Å²) in [7, 11) is 1.69. The summed E-state index contributed by atoms with van der Waals surface area (Å²) >= 11 is 1.82. The fourth-order valence-corrected chi connectivity index (χ4v) is 3.32. The second-order valence-corrected chi connectivity index (χ2v) is 6.81. The quantitative estimate of drug-likeness (QED) is 0.341. The average molecular weight is 473 g/mol. The minimum absolute atomic E-state index is 0. The van der Waals surface area contributed by atoms with Crippen LogP contribution in [0.3, 0.4) is 0 Å². The minimum Gasteiger partial charge on any atom is -0.496 e. The van der Waals surface area contributed by atoms with E-state index < -0.39 is 0 Å². The molecule has 1 atom stereocenters. The molecule has 0 radical (unpaired) electrons. The number of rotatable bonds is 8. The Bertz CT molecular complexity index is 631. The zero-order valence-electron chi connectivity index (χ0n) is 15.1. The molecule has 0 fully saturated rings. The largest absolute Gasteiger partial charge is 0.496 e. The number of guanidine groups is 1. The zero-order valence-corrected chi connectivity index (χ0v) is 18.3. The van der Waals surface area contributed by atoms with E-state index in [9.17, 15) is 0 Å². The Morgan fingerprint density at radius 2 is 2.00 bits per heavy atom. The summed E-state index contributed by atoms with van der Waals surface area (Å²) < 4.78 is 5.39. The topological polar surface area (TPSA) is 45.7 Å². The van der Waals surface area contributed by atoms with Gasteiger partial charge in [0.05, 0.1) is 13.7 Å². The van der Waals surface area contributed by atoms with E-state index in [0.717, 1.165) is 36.8 Å². The van der Waals surface area contributed by atoms with Gasteiger partial charge in [-0.2, -0.15) is 0 Å². The molecule has 2 N–H and O–H groups in total. The highest BCUT2D eigenvalue weighted by molar-refractivity contribution is 14.0. The third-order valence-corrected chi connectivity index (χ3v) is 4.59. The molecule has 1 unspecified atom stereocenters.